The van der Waals surface area contributed by atoms with Crippen LogP contribution in [0, 0.1) is 6.92 Å². The second kappa shape index (κ2) is 6.33. The van der Waals surface area contributed by atoms with Crippen molar-refractivity contribution in [2.75, 3.05) is 0 Å². The maximum atomic E-state index is 10.6. The van der Waals surface area contributed by atoms with E-state index >= 15 is 0 Å². The van der Waals surface area contributed by atoms with Gasteiger partial charge in [0.25, 0.3) is 0 Å². The van der Waals surface area contributed by atoms with Crippen molar-refractivity contribution in [1.29, 1.82) is 0 Å². The molecule has 0 heterocycles. The Labute approximate surface area is 135 Å². The molecular formula is C19H21BrO. The maximum Gasteiger partial charge on any atom is 0.0806 e. The average Bonchev–Trinajstić information content (AvgIpc) is 2.47. The zero-order chi connectivity index (χ0) is 14.8. The van der Waals surface area contributed by atoms with Gasteiger partial charge in [-0.1, -0.05) is 52.3 Å². The summed E-state index contributed by atoms with van der Waals surface area (Å²) in [6.07, 6.45) is 3.98. The summed E-state index contributed by atoms with van der Waals surface area (Å²) in [4.78, 5) is 0. The lowest BCUT2D eigenvalue weighted by atomic mass is 9.79. The van der Waals surface area contributed by atoms with Crippen LogP contribution in [0.1, 0.15) is 53.5 Å². The van der Waals surface area contributed by atoms with Crippen LogP contribution in [0.5, 0.6) is 0 Å². The summed E-state index contributed by atoms with van der Waals surface area (Å²) in [5, 5.41) is 10.6. The molecule has 2 heteroatoms. The average molecular weight is 345 g/mol. The first-order valence-electron chi connectivity index (χ1n) is 7.67. The molecule has 1 nitrogen and oxygen atoms in total. The van der Waals surface area contributed by atoms with E-state index in [0.29, 0.717) is 5.92 Å². The minimum atomic E-state index is -0.406. The predicted octanol–water partition coefficient (Wildman–Crippen LogP) is 5.30. The van der Waals surface area contributed by atoms with Gasteiger partial charge in [-0.15, -0.1) is 0 Å². The maximum absolute atomic E-state index is 10.6. The largest absolute Gasteiger partial charge is 0.388 e. The van der Waals surface area contributed by atoms with Crippen molar-refractivity contribution in [2.24, 2.45) is 0 Å². The van der Waals surface area contributed by atoms with Gasteiger partial charge < -0.3 is 5.11 Å². The van der Waals surface area contributed by atoms with Crippen LogP contribution in [0.4, 0.5) is 0 Å². The fourth-order valence-electron chi connectivity index (χ4n) is 3.40. The third-order valence-electron chi connectivity index (χ3n) is 4.52. The van der Waals surface area contributed by atoms with Gasteiger partial charge in [0, 0.05) is 4.47 Å². The first kappa shape index (κ1) is 14.8. The highest BCUT2D eigenvalue weighted by molar-refractivity contribution is 9.10. The van der Waals surface area contributed by atoms with Crippen LogP contribution in [-0.2, 0) is 6.42 Å². The van der Waals surface area contributed by atoms with Crippen molar-refractivity contribution >= 4 is 15.9 Å². The topological polar surface area (TPSA) is 20.2 Å². The number of aliphatic hydroxyl groups is 1. The van der Waals surface area contributed by atoms with Crippen LogP contribution in [0.3, 0.4) is 0 Å². The van der Waals surface area contributed by atoms with E-state index < -0.39 is 6.10 Å². The Bertz CT molecular complexity index is 635. The first-order valence-corrected chi connectivity index (χ1v) is 8.46. The Morgan fingerprint density at radius 3 is 2.86 bits per heavy atom. The van der Waals surface area contributed by atoms with Crippen LogP contribution in [0.2, 0.25) is 0 Å². The molecule has 0 spiro atoms. The van der Waals surface area contributed by atoms with E-state index in [1.54, 1.807) is 0 Å². The van der Waals surface area contributed by atoms with Gasteiger partial charge in [-0.3, -0.25) is 0 Å². The summed E-state index contributed by atoms with van der Waals surface area (Å²) in [5.74, 6) is 0.471. The molecular weight excluding hydrogens is 324 g/mol. The molecule has 2 atom stereocenters. The van der Waals surface area contributed by atoms with Crippen molar-refractivity contribution < 1.29 is 5.11 Å². The normalized spacial score (nSPS) is 19.1. The molecule has 0 saturated heterocycles. The third kappa shape index (κ3) is 3.22. The first-order chi connectivity index (χ1) is 10.1. The number of benzene rings is 2. The van der Waals surface area contributed by atoms with Crippen molar-refractivity contribution in [3.8, 4) is 0 Å². The number of hydrogen-bond donors (Lipinski definition) is 1. The molecule has 110 valence electrons. The molecule has 0 aliphatic heterocycles. The standard InChI is InChI=1S/C19H21BrO/c1-13-9-10-17(18(20)11-13)19(21)12-15-7-4-6-14-5-2-3-8-16(14)15/h2-3,5,8-11,15,19,21H,4,6-7,12H2,1H3. The second-order valence-electron chi connectivity index (χ2n) is 6.06. The number of aryl methyl sites for hydroxylation is 2. The van der Waals surface area contributed by atoms with Crippen molar-refractivity contribution in [3.05, 3.63) is 69.2 Å². The Kier molecular flexibility index (Phi) is 4.46. The molecule has 2 aromatic rings. The van der Waals surface area contributed by atoms with Crippen molar-refractivity contribution in [3.63, 3.8) is 0 Å². The molecule has 3 rings (SSSR count). The monoisotopic (exact) mass is 344 g/mol. The van der Waals surface area contributed by atoms with Crippen LogP contribution in [0.15, 0.2) is 46.9 Å². The highest BCUT2D eigenvalue weighted by Gasteiger charge is 2.23. The number of aliphatic hydroxyl groups excluding tert-OH is 1. The number of hydrogen-bond acceptors (Lipinski definition) is 1. The van der Waals surface area contributed by atoms with Gasteiger partial charge in [0.05, 0.1) is 6.10 Å². The Morgan fingerprint density at radius 2 is 2.05 bits per heavy atom. The number of rotatable bonds is 3. The van der Waals surface area contributed by atoms with E-state index in [-0.39, 0.29) is 0 Å². The molecule has 0 aromatic heterocycles. The summed E-state index contributed by atoms with van der Waals surface area (Å²) < 4.78 is 1.01. The van der Waals surface area contributed by atoms with Gasteiger partial charge in [0.1, 0.15) is 0 Å². The summed E-state index contributed by atoms with van der Waals surface area (Å²) >= 11 is 3.58. The Morgan fingerprint density at radius 1 is 1.24 bits per heavy atom. The zero-order valence-electron chi connectivity index (χ0n) is 12.3. The molecule has 2 aromatic carbocycles. The van der Waals surface area contributed by atoms with E-state index in [1.807, 2.05) is 6.07 Å². The van der Waals surface area contributed by atoms with E-state index in [4.69, 9.17) is 0 Å². The molecule has 0 fully saturated rings. The molecule has 0 amide bonds. The van der Waals surface area contributed by atoms with Crippen molar-refractivity contribution in [2.45, 2.75) is 44.6 Å². The molecule has 21 heavy (non-hydrogen) atoms. The Balaban J connectivity index is 1.81. The molecule has 1 aliphatic carbocycles. The highest BCUT2D eigenvalue weighted by Crippen LogP contribution is 2.39. The smallest absolute Gasteiger partial charge is 0.0806 e. The molecule has 2 unspecified atom stereocenters. The van der Waals surface area contributed by atoms with Crippen LogP contribution < -0.4 is 0 Å². The lowest BCUT2D eigenvalue weighted by molar-refractivity contribution is 0.153. The summed E-state index contributed by atoms with van der Waals surface area (Å²) in [6, 6.07) is 14.9. The molecule has 1 N–H and O–H groups in total. The molecule has 0 radical (unpaired) electrons. The summed E-state index contributed by atoms with van der Waals surface area (Å²) in [7, 11) is 0. The van der Waals surface area contributed by atoms with Crippen LogP contribution in [-0.4, -0.2) is 5.11 Å². The SMILES string of the molecule is Cc1ccc(C(O)CC2CCCc3ccccc32)c(Br)c1. The van der Waals surface area contributed by atoms with E-state index in [0.717, 1.165) is 16.5 Å². The van der Waals surface area contributed by atoms with Gasteiger partial charge in [-0.25, -0.2) is 0 Å². The van der Waals surface area contributed by atoms with Gasteiger partial charge in [-0.2, -0.15) is 0 Å². The molecule has 0 bridgehead atoms. The summed E-state index contributed by atoms with van der Waals surface area (Å²) in [5.41, 5.74) is 5.11. The second-order valence-corrected chi connectivity index (χ2v) is 6.92. The van der Waals surface area contributed by atoms with E-state index in [2.05, 4.69) is 59.3 Å². The van der Waals surface area contributed by atoms with E-state index in [9.17, 15) is 5.11 Å². The zero-order valence-corrected chi connectivity index (χ0v) is 13.9. The van der Waals surface area contributed by atoms with Crippen LogP contribution in [0.25, 0.3) is 0 Å². The minimum absolute atomic E-state index is 0.406. The van der Waals surface area contributed by atoms with Gasteiger partial charge in [-0.05, 0) is 66.8 Å². The summed E-state index contributed by atoms with van der Waals surface area (Å²) in [6.45, 7) is 2.07. The number of fused-ring (bicyclic) bond motifs is 1. The van der Waals surface area contributed by atoms with Gasteiger partial charge >= 0.3 is 0 Å². The lowest BCUT2D eigenvalue weighted by Gasteiger charge is -2.27. The lowest BCUT2D eigenvalue weighted by Crippen LogP contribution is -2.13. The van der Waals surface area contributed by atoms with Gasteiger partial charge in [0.15, 0.2) is 0 Å². The molecule has 1 aliphatic rings. The quantitative estimate of drug-likeness (QED) is 0.800. The van der Waals surface area contributed by atoms with Gasteiger partial charge in [0.2, 0.25) is 0 Å². The number of halogens is 1. The van der Waals surface area contributed by atoms with Crippen molar-refractivity contribution in [1.82, 2.24) is 0 Å². The minimum Gasteiger partial charge on any atom is -0.388 e. The van der Waals surface area contributed by atoms with Crippen LogP contribution >= 0.6 is 15.9 Å². The fraction of sp³-hybridized carbons (Fsp3) is 0.368. The predicted molar refractivity (Wildman–Crippen MR) is 90.6 cm³/mol. The van der Waals surface area contributed by atoms with E-state index in [1.165, 1.54) is 36.0 Å². The molecule has 0 saturated carbocycles. The highest BCUT2D eigenvalue weighted by atomic mass is 79.9. The third-order valence-corrected chi connectivity index (χ3v) is 5.20. The fourth-order valence-corrected chi connectivity index (χ4v) is 4.16. The Hall–Kier alpha value is -1.12.